The van der Waals surface area contributed by atoms with E-state index in [1.807, 2.05) is 13.8 Å². The lowest BCUT2D eigenvalue weighted by molar-refractivity contribution is 0.0429. The Kier molecular flexibility index (Phi) is 5.68. The van der Waals surface area contributed by atoms with E-state index in [9.17, 15) is 13.2 Å². The molecule has 130 valence electrons. The van der Waals surface area contributed by atoms with Crippen LogP contribution in [-0.2, 0) is 21.4 Å². The molecule has 0 aliphatic carbocycles. The molecule has 0 aliphatic heterocycles. The molecule has 24 heavy (non-hydrogen) atoms. The van der Waals surface area contributed by atoms with E-state index in [2.05, 4.69) is 14.9 Å². The van der Waals surface area contributed by atoms with Gasteiger partial charge in [0.05, 0.1) is 10.5 Å². The first-order valence-corrected chi connectivity index (χ1v) is 8.91. The van der Waals surface area contributed by atoms with Gasteiger partial charge in [0.15, 0.2) is 12.4 Å². The van der Waals surface area contributed by atoms with Crippen molar-refractivity contribution in [2.24, 2.45) is 0 Å². The molecule has 0 saturated carbocycles. The maximum Gasteiger partial charge on any atom is 0.338 e. The Labute approximate surface area is 140 Å². The third-order valence-electron chi connectivity index (χ3n) is 3.04. The van der Waals surface area contributed by atoms with E-state index in [1.165, 1.54) is 24.3 Å². The van der Waals surface area contributed by atoms with Gasteiger partial charge < -0.3 is 9.26 Å². The summed E-state index contributed by atoms with van der Waals surface area (Å²) >= 11 is 0. The second-order valence-electron chi connectivity index (χ2n) is 5.31. The quantitative estimate of drug-likeness (QED) is 0.756. The highest BCUT2D eigenvalue weighted by Gasteiger charge is 2.17. The Balaban J connectivity index is 2.07. The number of benzene rings is 1. The van der Waals surface area contributed by atoms with Gasteiger partial charge in [-0.1, -0.05) is 32.0 Å². The topological polar surface area (TPSA) is 111 Å². The number of esters is 1. The standard InChI is InChI=1S/C15H19N3O5S/c1-4-16-24(20,21)12-7-5-6-11(8-12)15(19)22-9-13-17-14(10(2)3)18-23-13/h5-8,10,16H,4,9H2,1-3H3. The number of nitrogens with one attached hydrogen (secondary N) is 1. The van der Waals surface area contributed by atoms with Crippen molar-refractivity contribution in [3.05, 3.63) is 41.5 Å². The summed E-state index contributed by atoms with van der Waals surface area (Å²) in [6.45, 7) is 5.58. The first kappa shape index (κ1) is 18.1. The zero-order valence-corrected chi connectivity index (χ0v) is 14.5. The van der Waals surface area contributed by atoms with Crippen LogP contribution in [0, 0.1) is 0 Å². The van der Waals surface area contributed by atoms with Gasteiger partial charge in [0.2, 0.25) is 10.0 Å². The van der Waals surface area contributed by atoms with Crippen molar-refractivity contribution in [2.75, 3.05) is 6.54 Å². The zero-order chi connectivity index (χ0) is 17.7. The fourth-order valence-corrected chi connectivity index (χ4v) is 2.92. The number of carbonyl (C=O) groups excluding carboxylic acids is 1. The summed E-state index contributed by atoms with van der Waals surface area (Å²) in [5, 5.41) is 3.77. The Bertz CT molecular complexity index is 814. The highest BCUT2D eigenvalue weighted by atomic mass is 32.2. The van der Waals surface area contributed by atoms with Crippen LogP contribution in [0.5, 0.6) is 0 Å². The number of aromatic nitrogens is 2. The Morgan fingerprint density at radius 3 is 2.75 bits per heavy atom. The Morgan fingerprint density at radius 2 is 2.12 bits per heavy atom. The summed E-state index contributed by atoms with van der Waals surface area (Å²) in [4.78, 5) is 16.2. The van der Waals surface area contributed by atoms with E-state index in [0.29, 0.717) is 5.82 Å². The second-order valence-corrected chi connectivity index (χ2v) is 7.07. The molecule has 0 fully saturated rings. The zero-order valence-electron chi connectivity index (χ0n) is 13.6. The van der Waals surface area contributed by atoms with Crippen molar-refractivity contribution in [3.8, 4) is 0 Å². The molecule has 1 heterocycles. The Hall–Kier alpha value is -2.26. The van der Waals surface area contributed by atoms with Crippen LogP contribution in [0.2, 0.25) is 0 Å². The molecule has 0 amide bonds. The molecule has 0 radical (unpaired) electrons. The molecule has 0 unspecified atom stereocenters. The number of carbonyl (C=O) groups is 1. The summed E-state index contributed by atoms with van der Waals surface area (Å²) in [6.07, 6.45) is 0. The van der Waals surface area contributed by atoms with Gasteiger partial charge in [-0.05, 0) is 18.2 Å². The van der Waals surface area contributed by atoms with Gasteiger partial charge in [-0.15, -0.1) is 0 Å². The van der Waals surface area contributed by atoms with E-state index in [0.717, 1.165) is 0 Å². The minimum Gasteiger partial charge on any atom is -0.452 e. The lowest BCUT2D eigenvalue weighted by Crippen LogP contribution is -2.23. The van der Waals surface area contributed by atoms with Crippen molar-refractivity contribution in [1.29, 1.82) is 0 Å². The van der Waals surface area contributed by atoms with E-state index in [4.69, 9.17) is 9.26 Å². The van der Waals surface area contributed by atoms with Crippen LogP contribution in [0.25, 0.3) is 0 Å². The van der Waals surface area contributed by atoms with E-state index >= 15 is 0 Å². The molecule has 1 aromatic heterocycles. The van der Waals surface area contributed by atoms with E-state index < -0.39 is 16.0 Å². The summed E-state index contributed by atoms with van der Waals surface area (Å²) in [6, 6.07) is 5.61. The highest BCUT2D eigenvalue weighted by Crippen LogP contribution is 2.14. The molecule has 2 aromatic rings. The summed E-state index contributed by atoms with van der Waals surface area (Å²) < 4.78 is 36.3. The van der Waals surface area contributed by atoms with Crippen molar-refractivity contribution in [3.63, 3.8) is 0 Å². The van der Waals surface area contributed by atoms with Crippen LogP contribution in [0.15, 0.2) is 33.7 Å². The molecule has 8 nitrogen and oxygen atoms in total. The number of sulfonamides is 1. The molecular weight excluding hydrogens is 334 g/mol. The third-order valence-corrected chi connectivity index (χ3v) is 4.58. The fraction of sp³-hybridized carbons (Fsp3) is 0.400. The first-order valence-electron chi connectivity index (χ1n) is 7.42. The van der Waals surface area contributed by atoms with Gasteiger partial charge in [0.1, 0.15) is 0 Å². The van der Waals surface area contributed by atoms with E-state index in [-0.39, 0.29) is 35.4 Å². The number of hydrogen-bond acceptors (Lipinski definition) is 7. The van der Waals surface area contributed by atoms with Gasteiger partial charge in [-0.2, -0.15) is 4.98 Å². The maximum absolute atomic E-state index is 12.1. The van der Waals surface area contributed by atoms with Crippen LogP contribution in [0.3, 0.4) is 0 Å². The van der Waals surface area contributed by atoms with E-state index in [1.54, 1.807) is 6.92 Å². The predicted molar refractivity (Wildman–Crippen MR) is 84.8 cm³/mol. The minimum absolute atomic E-state index is 0.00122. The monoisotopic (exact) mass is 353 g/mol. The molecule has 0 atom stereocenters. The molecule has 0 saturated heterocycles. The molecular formula is C15H19N3O5S. The first-order chi connectivity index (χ1) is 11.3. The van der Waals surface area contributed by atoms with Gasteiger partial charge in [0, 0.05) is 12.5 Å². The average molecular weight is 353 g/mol. The van der Waals surface area contributed by atoms with Crippen molar-refractivity contribution >= 4 is 16.0 Å². The van der Waals surface area contributed by atoms with Crippen LogP contribution >= 0.6 is 0 Å². The molecule has 0 spiro atoms. The number of ether oxygens (including phenoxy) is 1. The van der Waals surface area contributed by atoms with Crippen LogP contribution < -0.4 is 4.72 Å². The van der Waals surface area contributed by atoms with Crippen LogP contribution in [0.1, 0.15) is 48.8 Å². The molecule has 9 heteroatoms. The Morgan fingerprint density at radius 1 is 1.38 bits per heavy atom. The molecule has 1 N–H and O–H groups in total. The predicted octanol–water partition coefficient (Wildman–Crippen LogP) is 1.85. The van der Waals surface area contributed by atoms with Gasteiger partial charge >= 0.3 is 5.97 Å². The maximum atomic E-state index is 12.1. The molecule has 2 rings (SSSR count). The normalized spacial score (nSPS) is 11.7. The number of hydrogen-bond donors (Lipinski definition) is 1. The molecule has 0 bridgehead atoms. The van der Waals surface area contributed by atoms with Crippen LogP contribution in [-0.4, -0.2) is 31.1 Å². The van der Waals surface area contributed by atoms with Crippen LogP contribution in [0.4, 0.5) is 0 Å². The molecule has 0 aliphatic rings. The van der Waals surface area contributed by atoms with Gasteiger partial charge in [-0.25, -0.2) is 17.9 Å². The van der Waals surface area contributed by atoms with Crippen molar-refractivity contribution < 1.29 is 22.5 Å². The number of rotatable bonds is 7. The van der Waals surface area contributed by atoms with Gasteiger partial charge in [0.25, 0.3) is 5.89 Å². The summed E-state index contributed by atoms with van der Waals surface area (Å²) in [5.74, 6) is 0.141. The third kappa shape index (κ3) is 4.39. The largest absolute Gasteiger partial charge is 0.452 e. The summed E-state index contributed by atoms with van der Waals surface area (Å²) in [5.41, 5.74) is 0.123. The smallest absolute Gasteiger partial charge is 0.338 e. The van der Waals surface area contributed by atoms with Crippen molar-refractivity contribution in [1.82, 2.24) is 14.9 Å². The summed E-state index contributed by atoms with van der Waals surface area (Å²) in [7, 11) is -3.64. The minimum atomic E-state index is -3.64. The fourth-order valence-electron chi connectivity index (χ4n) is 1.84. The average Bonchev–Trinajstić information content (AvgIpc) is 3.02. The lowest BCUT2D eigenvalue weighted by Gasteiger charge is -2.06. The van der Waals surface area contributed by atoms with Gasteiger partial charge in [-0.3, -0.25) is 0 Å². The highest BCUT2D eigenvalue weighted by molar-refractivity contribution is 7.89. The number of nitrogens with zero attached hydrogens (tertiary/aromatic N) is 2. The SMILES string of the molecule is CCNS(=O)(=O)c1cccc(C(=O)OCc2nc(C(C)C)no2)c1. The lowest BCUT2D eigenvalue weighted by atomic mass is 10.2. The van der Waals surface area contributed by atoms with Crippen molar-refractivity contribution in [2.45, 2.75) is 38.2 Å². The second kappa shape index (κ2) is 7.54. The molecule has 1 aromatic carbocycles.